The van der Waals surface area contributed by atoms with Gasteiger partial charge in [-0.2, -0.15) is 5.26 Å². The summed E-state index contributed by atoms with van der Waals surface area (Å²) in [5.74, 6) is -0.841. The minimum absolute atomic E-state index is 0.000394. The SMILES string of the molecule is N#CCC1CS(=O)(=O)CCC1F. The minimum atomic E-state index is -3.08. The maximum atomic E-state index is 13.0. The van der Waals surface area contributed by atoms with E-state index in [0.717, 1.165) is 0 Å². The van der Waals surface area contributed by atoms with Crippen molar-refractivity contribution in [3.05, 3.63) is 0 Å². The lowest BCUT2D eigenvalue weighted by molar-refractivity contribution is 0.231. The molecule has 0 amide bonds. The van der Waals surface area contributed by atoms with E-state index >= 15 is 0 Å². The van der Waals surface area contributed by atoms with E-state index in [9.17, 15) is 12.8 Å². The molecular formula is C7H10FNO2S. The van der Waals surface area contributed by atoms with Crippen LogP contribution in [0.5, 0.6) is 0 Å². The Morgan fingerprint density at radius 1 is 1.58 bits per heavy atom. The first kappa shape index (κ1) is 9.46. The molecule has 1 fully saturated rings. The van der Waals surface area contributed by atoms with Crippen molar-refractivity contribution >= 4 is 9.84 Å². The molecule has 0 aromatic carbocycles. The molecule has 3 nitrogen and oxygen atoms in total. The van der Waals surface area contributed by atoms with Gasteiger partial charge >= 0.3 is 0 Å². The van der Waals surface area contributed by atoms with E-state index in [1.807, 2.05) is 0 Å². The van der Waals surface area contributed by atoms with Crippen LogP contribution >= 0.6 is 0 Å². The van der Waals surface area contributed by atoms with Crippen LogP contribution in [0.4, 0.5) is 4.39 Å². The highest BCUT2D eigenvalue weighted by molar-refractivity contribution is 7.91. The van der Waals surface area contributed by atoms with Gasteiger partial charge in [0.15, 0.2) is 9.84 Å². The number of hydrogen-bond donors (Lipinski definition) is 0. The average molecular weight is 191 g/mol. The van der Waals surface area contributed by atoms with Gasteiger partial charge in [-0.3, -0.25) is 0 Å². The molecule has 1 aliphatic rings. The van der Waals surface area contributed by atoms with Crippen LogP contribution in [0.25, 0.3) is 0 Å². The Morgan fingerprint density at radius 2 is 2.25 bits per heavy atom. The van der Waals surface area contributed by atoms with Gasteiger partial charge in [-0.1, -0.05) is 0 Å². The van der Waals surface area contributed by atoms with Gasteiger partial charge in [0.1, 0.15) is 6.17 Å². The summed E-state index contributed by atoms with van der Waals surface area (Å²) in [4.78, 5) is 0. The summed E-state index contributed by atoms with van der Waals surface area (Å²) in [5, 5.41) is 8.30. The number of rotatable bonds is 1. The molecule has 0 N–H and O–H groups in total. The predicted molar refractivity (Wildman–Crippen MR) is 41.9 cm³/mol. The second-order valence-corrected chi connectivity index (χ2v) is 5.27. The Hall–Kier alpha value is -0.630. The van der Waals surface area contributed by atoms with Crippen molar-refractivity contribution in [3.8, 4) is 6.07 Å². The summed E-state index contributed by atoms with van der Waals surface area (Å²) in [6.45, 7) is 0. The molecule has 5 heteroatoms. The van der Waals surface area contributed by atoms with E-state index in [1.165, 1.54) is 0 Å². The standard InChI is InChI=1S/C7H10FNO2S/c8-7-2-4-12(10,11)5-6(7)1-3-9/h6-7H,1-2,4-5H2. The monoisotopic (exact) mass is 191 g/mol. The molecule has 2 unspecified atom stereocenters. The van der Waals surface area contributed by atoms with Crippen molar-refractivity contribution in [2.24, 2.45) is 5.92 Å². The van der Waals surface area contributed by atoms with Crippen molar-refractivity contribution in [1.82, 2.24) is 0 Å². The highest BCUT2D eigenvalue weighted by Gasteiger charge is 2.32. The lowest BCUT2D eigenvalue weighted by Crippen LogP contribution is -2.33. The number of hydrogen-bond acceptors (Lipinski definition) is 3. The zero-order chi connectivity index (χ0) is 9.19. The molecule has 68 valence electrons. The summed E-state index contributed by atoms with van der Waals surface area (Å²) >= 11 is 0. The summed E-state index contributed by atoms with van der Waals surface area (Å²) in [5.41, 5.74) is 0. The van der Waals surface area contributed by atoms with Crippen molar-refractivity contribution < 1.29 is 12.8 Å². The lowest BCUT2D eigenvalue weighted by atomic mass is 10.0. The van der Waals surface area contributed by atoms with Gasteiger partial charge in [-0.25, -0.2) is 12.8 Å². The fourth-order valence-electron chi connectivity index (χ4n) is 1.35. The third-order valence-electron chi connectivity index (χ3n) is 2.04. The maximum Gasteiger partial charge on any atom is 0.150 e. The van der Waals surface area contributed by atoms with Gasteiger partial charge < -0.3 is 0 Å². The van der Waals surface area contributed by atoms with Crippen LogP contribution in [-0.4, -0.2) is 26.1 Å². The topological polar surface area (TPSA) is 57.9 Å². The molecular weight excluding hydrogens is 181 g/mol. The Morgan fingerprint density at radius 3 is 2.83 bits per heavy atom. The Balaban J connectivity index is 2.67. The van der Waals surface area contributed by atoms with Gasteiger partial charge in [-0.05, 0) is 6.42 Å². The number of halogens is 1. The summed E-state index contributed by atoms with van der Waals surface area (Å²) in [6, 6.07) is 1.80. The fourth-order valence-corrected chi connectivity index (χ4v) is 3.08. The van der Waals surface area contributed by atoms with Crippen molar-refractivity contribution in [1.29, 1.82) is 5.26 Å². The summed E-state index contributed by atoms with van der Waals surface area (Å²) in [6.07, 6.45) is -1.07. The summed E-state index contributed by atoms with van der Waals surface area (Å²) in [7, 11) is -3.08. The van der Waals surface area contributed by atoms with Crippen LogP contribution in [0.15, 0.2) is 0 Å². The summed E-state index contributed by atoms with van der Waals surface area (Å²) < 4.78 is 35.0. The van der Waals surface area contributed by atoms with Crippen LogP contribution in [0.2, 0.25) is 0 Å². The van der Waals surface area contributed by atoms with Gasteiger partial charge in [0, 0.05) is 12.3 Å². The molecule has 1 saturated heterocycles. The minimum Gasteiger partial charge on any atom is -0.247 e. The zero-order valence-corrected chi connectivity index (χ0v) is 7.35. The molecule has 1 rings (SSSR count). The smallest absolute Gasteiger partial charge is 0.150 e. The number of nitriles is 1. The van der Waals surface area contributed by atoms with Crippen LogP contribution in [0, 0.1) is 17.2 Å². The largest absolute Gasteiger partial charge is 0.247 e. The van der Waals surface area contributed by atoms with Crippen LogP contribution in [-0.2, 0) is 9.84 Å². The van der Waals surface area contributed by atoms with Gasteiger partial charge in [-0.15, -0.1) is 0 Å². The number of nitrogens with zero attached hydrogens (tertiary/aromatic N) is 1. The van der Waals surface area contributed by atoms with Gasteiger partial charge in [0.25, 0.3) is 0 Å². The quantitative estimate of drug-likeness (QED) is 0.612. The molecule has 12 heavy (non-hydrogen) atoms. The average Bonchev–Trinajstić information content (AvgIpc) is 1.97. The molecule has 0 spiro atoms. The van der Waals surface area contributed by atoms with E-state index in [1.54, 1.807) is 6.07 Å². The van der Waals surface area contributed by atoms with E-state index in [2.05, 4.69) is 0 Å². The van der Waals surface area contributed by atoms with E-state index < -0.39 is 21.9 Å². The predicted octanol–water partition coefficient (Wildman–Crippen LogP) is 0.673. The maximum absolute atomic E-state index is 13.0. The van der Waals surface area contributed by atoms with Crippen molar-refractivity contribution in [2.45, 2.75) is 19.0 Å². The normalized spacial score (nSPS) is 34.0. The number of sulfone groups is 1. The number of alkyl halides is 1. The van der Waals surface area contributed by atoms with Gasteiger partial charge in [0.05, 0.1) is 17.6 Å². The Kier molecular flexibility index (Phi) is 2.68. The molecule has 2 atom stereocenters. The van der Waals surface area contributed by atoms with Gasteiger partial charge in [0.2, 0.25) is 0 Å². The molecule has 0 bridgehead atoms. The molecule has 0 aromatic rings. The van der Waals surface area contributed by atoms with E-state index in [4.69, 9.17) is 5.26 Å². The van der Waals surface area contributed by atoms with E-state index in [0.29, 0.717) is 0 Å². The highest BCUT2D eigenvalue weighted by atomic mass is 32.2. The third kappa shape index (κ3) is 2.18. The van der Waals surface area contributed by atoms with Crippen molar-refractivity contribution in [2.75, 3.05) is 11.5 Å². The molecule has 0 saturated carbocycles. The molecule has 0 aromatic heterocycles. The first-order valence-corrected chi connectivity index (χ1v) is 5.59. The second-order valence-electron chi connectivity index (χ2n) is 3.04. The fraction of sp³-hybridized carbons (Fsp3) is 0.857. The first-order chi connectivity index (χ1) is 5.55. The Labute approximate surface area is 71.1 Å². The molecule has 1 aliphatic heterocycles. The van der Waals surface area contributed by atoms with E-state index in [-0.39, 0.29) is 24.3 Å². The van der Waals surface area contributed by atoms with Crippen molar-refractivity contribution in [3.63, 3.8) is 0 Å². The molecule has 0 aliphatic carbocycles. The molecule has 1 heterocycles. The highest BCUT2D eigenvalue weighted by Crippen LogP contribution is 2.24. The first-order valence-electron chi connectivity index (χ1n) is 3.76. The Bertz CT molecular complexity index is 293. The second kappa shape index (κ2) is 3.40. The van der Waals surface area contributed by atoms with Crippen LogP contribution < -0.4 is 0 Å². The molecule has 0 radical (unpaired) electrons. The van der Waals surface area contributed by atoms with Crippen LogP contribution in [0.3, 0.4) is 0 Å². The lowest BCUT2D eigenvalue weighted by Gasteiger charge is -2.23. The zero-order valence-electron chi connectivity index (χ0n) is 6.53. The van der Waals surface area contributed by atoms with Crippen LogP contribution in [0.1, 0.15) is 12.8 Å². The third-order valence-corrected chi connectivity index (χ3v) is 3.83.